The molecule has 1 amide bonds. The fourth-order valence-corrected chi connectivity index (χ4v) is 3.18. The summed E-state index contributed by atoms with van der Waals surface area (Å²) in [6.45, 7) is 2.96. The molecule has 1 aliphatic rings. The van der Waals surface area contributed by atoms with Gasteiger partial charge in [-0.05, 0) is 11.4 Å². The molecule has 1 fully saturated rings. The lowest BCUT2D eigenvalue weighted by Gasteiger charge is -2.35. The molecule has 0 radical (unpaired) electrons. The Morgan fingerprint density at radius 2 is 2.11 bits per heavy atom. The monoisotopic (exact) mass is 296 g/mol. The average molecular weight is 297 g/mol. The molecule has 0 atom stereocenters. The van der Waals surface area contributed by atoms with Crippen molar-refractivity contribution in [2.24, 2.45) is 0 Å². The van der Waals surface area contributed by atoms with Crippen LogP contribution in [-0.2, 0) is 4.79 Å². The molecule has 7 heteroatoms. The summed E-state index contributed by atoms with van der Waals surface area (Å²) in [6, 6.07) is 2.05. The van der Waals surface area contributed by atoms with Crippen LogP contribution < -0.4 is 4.90 Å². The number of hydrogen-bond acceptors (Lipinski definition) is 5. The molecule has 0 aromatic carbocycles. The Kier molecular flexibility index (Phi) is 3.52. The van der Waals surface area contributed by atoms with E-state index in [2.05, 4.69) is 14.9 Å². The van der Waals surface area contributed by atoms with E-state index >= 15 is 0 Å². The normalized spacial score (nSPS) is 16.1. The molecule has 2 aromatic heterocycles. The topological polar surface area (TPSA) is 49.3 Å². The van der Waals surface area contributed by atoms with E-state index in [0.717, 1.165) is 29.1 Å². The number of fused-ring (bicyclic) bond motifs is 1. The van der Waals surface area contributed by atoms with Crippen molar-refractivity contribution in [3.8, 4) is 0 Å². The molecular weight excluding hydrogens is 284 g/mol. The van der Waals surface area contributed by atoms with Gasteiger partial charge in [-0.1, -0.05) is 0 Å². The van der Waals surface area contributed by atoms with Crippen molar-refractivity contribution in [2.45, 2.75) is 0 Å². The van der Waals surface area contributed by atoms with Gasteiger partial charge in [-0.2, -0.15) is 0 Å². The Morgan fingerprint density at radius 3 is 2.84 bits per heavy atom. The van der Waals surface area contributed by atoms with E-state index in [-0.39, 0.29) is 11.8 Å². The summed E-state index contributed by atoms with van der Waals surface area (Å²) in [5.41, 5.74) is 0. The van der Waals surface area contributed by atoms with E-state index in [1.165, 1.54) is 0 Å². The third-order valence-corrected chi connectivity index (χ3v) is 4.34. The lowest BCUT2D eigenvalue weighted by molar-refractivity contribution is -0.128. The van der Waals surface area contributed by atoms with E-state index in [1.807, 2.05) is 11.4 Å². The Balaban J connectivity index is 1.78. The van der Waals surface area contributed by atoms with E-state index in [1.54, 1.807) is 22.6 Å². The second kappa shape index (κ2) is 5.30. The second-order valence-corrected chi connectivity index (χ2v) is 5.50. The first kappa shape index (κ1) is 12.6. The van der Waals surface area contributed by atoms with E-state index in [4.69, 9.17) is 11.6 Å². The molecule has 3 heterocycles. The van der Waals surface area contributed by atoms with Crippen LogP contribution in [0.4, 0.5) is 5.82 Å². The van der Waals surface area contributed by atoms with Crippen molar-refractivity contribution in [3.63, 3.8) is 0 Å². The highest BCUT2D eigenvalue weighted by Gasteiger charge is 2.22. The van der Waals surface area contributed by atoms with Crippen molar-refractivity contribution in [3.05, 3.63) is 17.8 Å². The number of thiophene rings is 1. The fraction of sp³-hybridized carbons (Fsp3) is 0.417. The fourth-order valence-electron chi connectivity index (χ4n) is 2.28. The average Bonchev–Trinajstić information content (AvgIpc) is 2.95. The van der Waals surface area contributed by atoms with Crippen LogP contribution in [0.15, 0.2) is 17.8 Å². The van der Waals surface area contributed by atoms with Crippen LogP contribution in [0.1, 0.15) is 0 Å². The number of amides is 1. The van der Waals surface area contributed by atoms with Crippen LogP contribution in [0.5, 0.6) is 0 Å². The molecule has 1 saturated heterocycles. The first-order chi connectivity index (χ1) is 9.29. The van der Waals surface area contributed by atoms with Crippen LogP contribution in [0, 0.1) is 0 Å². The van der Waals surface area contributed by atoms with Gasteiger partial charge in [0.1, 0.15) is 22.9 Å². The van der Waals surface area contributed by atoms with Crippen LogP contribution in [0.2, 0.25) is 0 Å². The Morgan fingerprint density at radius 1 is 1.32 bits per heavy atom. The highest BCUT2D eigenvalue weighted by molar-refractivity contribution is 7.16. The number of rotatable bonds is 2. The first-order valence-corrected chi connectivity index (χ1v) is 7.48. The number of nitrogens with zero attached hydrogens (tertiary/aromatic N) is 4. The van der Waals surface area contributed by atoms with Crippen molar-refractivity contribution in [1.29, 1.82) is 0 Å². The summed E-state index contributed by atoms with van der Waals surface area (Å²) < 4.78 is 0. The Hall–Kier alpha value is -1.40. The van der Waals surface area contributed by atoms with Gasteiger partial charge in [0.25, 0.3) is 0 Å². The van der Waals surface area contributed by atoms with Crippen LogP contribution in [0.3, 0.4) is 0 Å². The van der Waals surface area contributed by atoms with Gasteiger partial charge < -0.3 is 9.80 Å². The summed E-state index contributed by atoms with van der Waals surface area (Å²) >= 11 is 7.19. The van der Waals surface area contributed by atoms with Crippen LogP contribution in [0.25, 0.3) is 10.2 Å². The number of anilines is 1. The van der Waals surface area contributed by atoms with E-state index in [0.29, 0.717) is 13.1 Å². The number of carbonyl (C=O) groups is 1. The highest BCUT2D eigenvalue weighted by atomic mass is 35.5. The van der Waals surface area contributed by atoms with Crippen molar-refractivity contribution < 1.29 is 4.79 Å². The largest absolute Gasteiger partial charge is 0.352 e. The molecule has 3 rings (SSSR count). The zero-order valence-corrected chi connectivity index (χ0v) is 11.8. The van der Waals surface area contributed by atoms with Gasteiger partial charge >= 0.3 is 0 Å². The number of alkyl halides is 1. The minimum Gasteiger partial charge on any atom is -0.352 e. The van der Waals surface area contributed by atoms with Gasteiger partial charge in [0.15, 0.2) is 0 Å². The third-order valence-electron chi connectivity index (χ3n) is 3.29. The zero-order chi connectivity index (χ0) is 13.2. The number of carbonyl (C=O) groups excluding carboxylic acids is 1. The summed E-state index contributed by atoms with van der Waals surface area (Å²) in [5, 5.41) is 3.11. The summed E-state index contributed by atoms with van der Waals surface area (Å²) in [6.07, 6.45) is 1.60. The van der Waals surface area contributed by atoms with Crippen molar-refractivity contribution in [1.82, 2.24) is 14.9 Å². The van der Waals surface area contributed by atoms with Gasteiger partial charge in [-0.3, -0.25) is 4.79 Å². The molecule has 0 spiro atoms. The molecular formula is C12H13ClN4OS. The lowest BCUT2D eigenvalue weighted by atomic mass is 10.2. The predicted molar refractivity (Wildman–Crippen MR) is 76.9 cm³/mol. The molecule has 0 bridgehead atoms. The lowest BCUT2D eigenvalue weighted by Crippen LogP contribution is -2.49. The SMILES string of the molecule is O=C(CCl)N1CCN(c2ncnc3sccc23)CC1. The summed E-state index contributed by atoms with van der Waals surface area (Å²) in [5.74, 6) is 1.02. The van der Waals surface area contributed by atoms with Gasteiger partial charge in [0.05, 0.1) is 5.39 Å². The maximum atomic E-state index is 11.5. The van der Waals surface area contributed by atoms with Gasteiger partial charge in [-0.25, -0.2) is 9.97 Å². The molecule has 2 aromatic rings. The summed E-state index contributed by atoms with van der Waals surface area (Å²) in [7, 11) is 0. The minimum atomic E-state index is 0.00434. The Labute approximate surface area is 119 Å². The number of aromatic nitrogens is 2. The standard InChI is InChI=1S/C12H13ClN4OS/c13-7-10(18)16-2-4-17(5-3-16)11-9-1-6-19-12(9)15-8-14-11/h1,6,8H,2-5,7H2. The first-order valence-electron chi connectivity index (χ1n) is 6.06. The Bertz CT molecular complexity index is 594. The highest BCUT2D eigenvalue weighted by Crippen LogP contribution is 2.27. The van der Waals surface area contributed by atoms with Crippen LogP contribution >= 0.6 is 22.9 Å². The number of halogens is 1. The third kappa shape index (κ3) is 2.37. The molecule has 0 saturated carbocycles. The van der Waals surface area contributed by atoms with Crippen LogP contribution in [-0.4, -0.2) is 52.8 Å². The molecule has 1 aliphatic heterocycles. The zero-order valence-electron chi connectivity index (χ0n) is 10.3. The molecule has 0 unspecified atom stereocenters. The van der Waals surface area contributed by atoms with Gasteiger partial charge in [-0.15, -0.1) is 22.9 Å². The predicted octanol–water partition coefficient (Wildman–Crippen LogP) is 1.58. The molecule has 19 heavy (non-hydrogen) atoms. The van der Waals surface area contributed by atoms with E-state index < -0.39 is 0 Å². The van der Waals surface area contributed by atoms with Gasteiger partial charge in [0.2, 0.25) is 5.91 Å². The maximum Gasteiger partial charge on any atom is 0.237 e. The van der Waals surface area contributed by atoms with E-state index in [9.17, 15) is 4.79 Å². The van der Waals surface area contributed by atoms with Gasteiger partial charge in [0, 0.05) is 26.2 Å². The summed E-state index contributed by atoms with van der Waals surface area (Å²) in [4.78, 5) is 25.2. The van der Waals surface area contributed by atoms with Crippen molar-refractivity contribution in [2.75, 3.05) is 37.0 Å². The molecule has 100 valence electrons. The smallest absolute Gasteiger partial charge is 0.237 e. The molecule has 0 aliphatic carbocycles. The molecule has 5 nitrogen and oxygen atoms in total. The quantitative estimate of drug-likeness (QED) is 0.790. The maximum absolute atomic E-state index is 11.5. The van der Waals surface area contributed by atoms with Crippen molar-refractivity contribution >= 4 is 44.9 Å². The number of hydrogen-bond donors (Lipinski definition) is 0. The minimum absolute atomic E-state index is 0.00434. The molecule has 0 N–H and O–H groups in total. The number of piperazine rings is 1. The second-order valence-electron chi connectivity index (χ2n) is 4.34.